The molecule has 17 heteroatoms. The molecule has 0 saturated carbocycles. The van der Waals surface area contributed by atoms with Crippen LogP contribution in [0.2, 0.25) is 0 Å². The first-order valence-electron chi connectivity index (χ1n) is 14.1. The van der Waals surface area contributed by atoms with Crippen molar-refractivity contribution in [2.45, 2.75) is 37.4 Å². The fourth-order valence-corrected chi connectivity index (χ4v) is 6.06. The number of aromatic nitrogens is 3. The molecule has 2 aromatic carbocycles. The molecular weight excluding hydrogens is 651 g/mol. The van der Waals surface area contributed by atoms with E-state index < -0.39 is 50.0 Å². The van der Waals surface area contributed by atoms with Crippen molar-refractivity contribution in [2.24, 2.45) is 0 Å². The number of nitrogens with zero attached hydrogens (tertiary/aromatic N) is 5. The van der Waals surface area contributed by atoms with Crippen molar-refractivity contribution >= 4 is 38.5 Å². The summed E-state index contributed by atoms with van der Waals surface area (Å²) in [6.07, 6.45) is -3.14. The summed E-state index contributed by atoms with van der Waals surface area (Å²) in [5.74, 6) is -2.42. The number of carbonyl (C=O) groups is 1. The molecule has 1 aliphatic heterocycles. The highest BCUT2D eigenvalue weighted by atomic mass is 32.2. The standard InChI is InChI=1S/C30H29F5N6O5S/c1-29(2,3)46-28(42)41-9-7-40(8-10-41)26-20-11-17(12-21(30(33,34)35)25(20)37-16-38-26)18-13-23(27(45-4)36-15-18)39-47(43,44)24-6-5-19(31)14-22(24)32/h5-6,11-16,39H,7-10H2,1-4H3. The normalized spacial score (nSPS) is 14.3. The Hall–Kier alpha value is -4.80. The second-order valence-corrected chi connectivity index (χ2v) is 13.2. The van der Waals surface area contributed by atoms with E-state index >= 15 is 0 Å². The number of hydrogen-bond acceptors (Lipinski definition) is 9. The first kappa shape index (κ1) is 33.6. The quantitative estimate of drug-likeness (QED) is 0.250. The van der Waals surface area contributed by atoms with Crippen molar-refractivity contribution < 1.29 is 44.6 Å². The lowest BCUT2D eigenvalue weighted by Crippen LogP contribution is -2.50. The van der Waals surface area contributed by atoms with Gasteiger partial charge in [-0.05, 0) is 56.7 Å². The number of fused-ring (bicyclic) bond motifs is 1. The third-order valence-corrected chi connectivity index (χ3v) is 8.46. The van der Waals surface area contributed by atoms with Crippen LogP contribution in [0.5, 0.6) is 5.88 Å². The molecule has 0 aliphatic carbocycles. The molecule has 1 aliphatic rings. The zero-order valence-corrected chi connectivity index (χ0v) is 26.3. The number of benzene rings is 2. The van der Waals surface area contributed by atoms with Crippen LogP contribution in [0.4, 0.5) is 38.3 Å². The van der Waals surface area contributed by atoms with Crippen LogP contribution < -0.4 is 14.4 Å². The molecule has 0 unspecified atom stereocenters. The van der Waals surface area contributed by atoms with E-state index in [4.69, 9.17) is 9.47 Å². The molecule has 0 radical (unpaired) electrons. The Morgan fingerprint density at radius 1 is 0.936 bits per heavy atom. The number of alkyl halides is 3. The summed E-state index contributed by atoms with van der Waals surface area (Å²) >= 11 is 0. The van der Waals surface area contributed by atoms with Gasteiger partial charge in [0.2, 0.25) is 5.88 Å². The molecule has 47 heavy (non-hydrogen) atoms. The maximum Gasteiger partial charge on any atom is 0.418 e. The maximum atomic E-state index is 14.4. The van der Waals surface area contributed by atoms with Crippen LogP contribution in [0.25, 0.3) is 22.0 Å². The molecule has 3 heterocycles. The predicted octanol–water partition coefficient (Wildman–Crippen LogP) is 5.86. The Balaban J connectivity index is 1.55. The number of piperazine rings is 1. The van der Waals surface area contributed by atoms with Crippen LogP contribution in [0, 0.1) is 11.6 Å². The van der Waals surface area contributed by atoms with E-state index in [-0.39, 0.29) is 65.6 Å². The second kappa shape index (κ2) is 12.4. The number of hydrogen-bond donors (Lipinski definition) is 1. The molecule has 1 N–H and O–H groups in total. The van der Waals surface area contributed by atoms with E-state index in [1.807, 2.05) is 0 Å². The average Bonchev–Trinajstić information content (AvgIpc) is 2.98. The van der Waals surface area contributed by atoms with Crippen LogP contribution in [-0.2, 0) is 20.9 Å². The van der Waals surface area contributed by atoms with Crippen molar-refractivity contribution in [3.8, 4) is 17.0 Å². The number of rotatable bonds is 6. The summed E-state index contributed by atoms with van der Waals surface area (Å²) in [4.78, 5) is 27.2. The number of pyridine rings is 1. The van der Waals surface area contributed by atoms with E-state index in [9.17, 15) is 35.2 Å². The monoisotopic (exact) mass is 680 g/mol. The van der Waals surface area contributed by atoms with Crippen molar-refractivity contribution in [2.75, 3.05) is 42.9 Å². The Kier molecular flexibility index (Phi) is 8.87. The van der Waals surface area contributed by atoms with E-state index in [0.717, 1.165) is 24.5 Å². The summed E-state index contributed by atoms with van der Waals surface area (Å²) < 4.78 is 110. The Labute approximate surface area is 266 Å². The number of nitrogens with one attached hydrogen (secondary N) is 1. The second-order valence-electron chi connectivity index (χ2n) is 11.5. The Morgan fingerprint density at radius 2 is 1.64 bits per heavy atom. The lowest BCUT2D eigenvalue weighted by Gasteiger charge is -2.36. The number of halogens is 5. The maximum absolute atomic E-state index is 14.4. The van der Waals surface area contributed by atoms with Crippen LogP contribution in [-0.4, -0.2) is 73.3 Å². The molecule has 0 spiro atoms. The van der Waals surface area contributed by atoms with Gasteiger partial charge in [0, 0.05) is 49.4 Å². The summed E-state index contributed by atoms with van der Waals surface area (Å²) in [5, 5.41) is 0.0503. The van der Waals surface area contributed by atoms with Gasteiger partial charge in [-0.3, -0.25) is 4.72 Å². The molecule has 2 aromatic heterocycles. The minimum atomic E-state index is -4.85. The fraction of sp³-hybridized carbons (Fsp3) is 0.333. The lowest BCUT2D eigenvalue weighted by atomic mass is 9.99. The highest BCUT2D eigenvalue weighted by Crippen LogP contribution is 2.40. The van der Waals surface area contributed by atoms with Gasteiger partial charge in [-0.25, -0.2) is 36.9 Å². The third kappa shape index (κ3) is 7.29. The van der Waals surface area contributed by atoms with Gasteiger partial charge in [0.1, 0.15) is 40.0 Å². The number of anilines is 2. The summed E-state index contributed by atoms with van der Waals surface area (Å²) in [6.45, 7) is 6.17. The van der Waals surface area contributed by atoms with Gasteiger partial charge in [0.25, 0.3) is 10.0 Å². The van der Waals surface area contributed by atoms with Gasteiger partial charge >= 0.3 is 12.3 Å². The van der Waals surface area contributed by atoms with Crippen LogP contribution in [0.1, 0.15) is 26.3 Å². The fourth-order valence-electron chi connectivity index (χ4n) is 4.96. The van der Waals surface area contributed by atoms with Crippen molar-refractivity contribution in [1.82, 2.24) is 19.9 Å². The minimum absolute atomic E-state index is 0.0168. The third-order valence-electron chi connectivity index (χ3n) is 7.06. The molecule has 250 valence electrons. The van der Waals surface area contributed by atoms with Gasteiger partial charge in [-0.15, -0.1) is 0 Å². The van der Waals surface area contributed by atoms with Crippen LogP contribution >= 0.6 is 0 Å². The first-order chi connectivity index (χ1) is 22.0. The summed E-state index contributed by atoms with van der Waals surface area (Å²) in [6, 6.07) is 5.32. The molecule has 0 atom stereocenters. The zero-order chi connectivity index (χ0) is 34.3. The highest BCUT2D eigenvalue weighted by Gasteiger charge is 2.35. The zero-order valence-electron chi connectivity index (χ0n) is 25.5. The smallest absolute Gasteiger partial charge is 0.418 e. The molecule has 5 rings (SSSR count). The topological polar surface area (TPSA) is 127 Å². The molecule has 1 amide bonds. The molecule has 11 nitrogen and oxygen atoms in total. The van der Waals surface area contributed by atoms with Crippen molar-refractivity contribution in [1.29, 1.82) is 0 Å². The Bertz CT molecular complexity index is 1940. The summed E-state index contributed by atoms with van der Waals surface area (Å²) in [7, 11) is -3.47. The lowest BCUT2D eigenvalue weighted by molar-refractivity contribution is -0.136. The molecular formula is C30H29F5N6O5S. The molecule has 4 aromatic rings. The first-order valence-corrected chi connectivity index (χ1v) is 15.6. The number of sulfonamides is 1. The van der Waals surface area contributed by atoms with Gasteiger partial charge in [-0.1, -0.05) is 0 Å². The predicted molar refractivity (Wildman–Crippen MR) is 162 cm³/mol. The molecule has 1 saturated heterocycles. The van der Waals surface area contributed by atoms with Gasteiger partial charge < -0.3 is 19.3 Å². The van der Waals surface area contributed by atoms with Gasteiger partial charge in [-0.2, -0.15) is 13.2 Å². The highest BCUT2D eigenvalue weighted by molar-refractivity contribution is 7.92. The number of carbonyl (C=O) groups excluding carboxylic acids is 1. The average molecular weight is 681 g/mol. The largest absolute Gasteiger partial charge is 0.480 e. The minimum Gasteiger partial charge on any atom is -0.480 e. The number of amides is 1. The molecule has 0 bridgehead atoms. The van der Waals surface area contributed by atoms with E-state index in [2.05, 4.69) is 19.7 Å². The van der Waals surface area contributed by atoms with Gasteiger partial charge in [0.05, 0.1) is 18.2 Å². The van der Waals surface area contributed by atoms with Crippen LogP contribution in [0.15, 0.2) is 53.8 Å². The van der Waals surface area contributed by atoms with Crippen molar-refractivity contribution in [3.63, 3.8) is 0 Å². The number of methoxy groups -OCH3 is 1. The van der Waals surface area contributed by atoms with E-state index in [0.29, 0.717) is 6.07 Å². The van der Waals surface area contributed by atoms with E-state index in [1.54, 1.807) is 25.7 Å². The van der Waals surface area contributed by atoms with Crippen LogP contribution in [0.3, 0.4) is 0 Å². The van der Waals surface area contributed by atoms with Gasteiger partial charge in [0.15, 0.2) is 0 Å². The summed E-state index contributed by atoms with van der Waals surface area (Å²) in [5.41, 5.74) is -2.43. The number of ether oxygens (including phenoxy) is 2. The SMILES string of the molecule is COc1ncc(-c2cc(C(F)(F)F)c3ncnc(N4CCN(C(=O)OC(C)(C)C)CC4)c3c2)cc1NS(=O)(=O)c1ccc(F)cc1F. The Morgan fingerprint density at radius 3 is 2.26 bits per heavy atom. The van der Waals surface area contributed by atoms with Crippen molar-refractivity contribution in [3.05, 3.63) is 66.1 Å². The molecule has 1 fully saturated rings. The van der Waals surface area contributed by atoms with E-state index in [1.165, 1.54) is 30.3 Å².